The molecule has 0 aliphatic heterocycles. The number of imidazole rings is 1. The van der Waals surface area contributed by atoms with Gasteiger partial charge in [-0.2, -0.15) is 4.98 Å². The van der Waals surface area contributed by atoms with Crippen molar-refractivity contribution in [2.45, 2.75) is 39.2 Å². The lowest BCUT2D eigenvalue weighted by atomic mass is 10.0. The van der Waals surface area contributed by atoms with E-state index in [2.05, 4.69) is 31.8 Å². The molecule has 2 N–H and O–H groups in total. The first-order chi connectivity index (χ1) is 14.6. The normalized spacial score (nSPS) is 15.3. The minimum atomic E-state index is -0.244. The zero-order valence-electron chi connectivity index (χ0n) is 16.8. The molecular formula is C22H22N6O2. The van der Waals surface area contributed by atoms with Gasteiger partial charge >= 0.3 is 6.03 Å². The van der Waals surface area contributed by atoms with Crippen LogP contribution in [0.2, 0.25) is 0 Å². The second kappa shape index (κ2) is 7.29. The van der Waals surface area contributed by atoms with Crippen molar-refractivity contribution in [3.8, 4) is 11.4 Å². The number of aryl methyl sites for hydroxylation is 3. The van der Waals surface area contributed by atoms with Crippen LogP contribution < -0.4 is 10.6 Å². The number of nitrogens with one attached hydrogen (secondary N) is 2. The van der Waals surface area contributed by atoms with Gasteiger partial charge < -0.3 is 9.84 Å². The molecule has 0 unspecified atom stereocenters. The first kappa shape index (κ1) is 18.4. The van der Waals surface area contributed by atoms with Crippen LogP contribution in [-0.2, 0) is 12.8 Å². The quantitative estimate of drug-likeness (QED) is 0.536. The molecule has 5 rings (SSSR count). The van der Waals surface area contributed by atoms with Gasteiger partial charge in [0, 0.05) is 18.2 Å². The van der Waals surface area contributed by atoms with Gasteiger partial charge in [0.25, 0.3) is 0 Å². The number of fused-ring (bicyclic) bond motifs is 2. The van der Waals surface area contributed by atoms with Crippen molar-refractivity contribution < 1.29 is 9.32 Å². The first-order valence-corrected chi connectivity index (χ1v) is 10.1. The molecule has 1 aliphatic rings. The highest BCUT2D eigenvalue weighted by Gasteiger charge is 2.25. The number of carbonyl (C=O) groups is 1. The number of hydrogen-bond donors (Lipinski definition) is 2. The topological polar surface area (TPSA) is 97.3 Å². The molecule has 1 atom stereocenters. The molecule has 8 nitrogen and oxygen atoms in total. The fraction of sp³-hybridized carbons (Fsp3) is 0.273. The van der Waals surface area contributed by atoms with Crippen molar-refractivity contribution in [2.75, 3.05) is 5.32 Å². The van der Waals surface area contributed by atoms with E-state index in [1.165, 1.54) is 5.56 Å². The Morgan fingerprint density at radius 3 is 3.03 bits per heavy atom. The van der Waals surface area contributed by atoms with Crippen LogP contribution in [0.25, 0.3) is 17.0 Å². The lowest BCUT2D eigenvalue weighted by Gasteiger charge is -2.15. The molecule has 4 aromatic rings. The number of amides is 2. The largest absolute Gasteiger partial charge is 0.339 e. The summed E-state index contributed by atoms with van der Waals surface area (Å²) in [6, 6.07) is 9.75. The lowest BCUT2D eigenvalue weighted by Crippen LogP contribution is -2.31. The predicted octanol–water partition coefficient (Wildman–Crippen LogP) is 4.06. The molecule has 0 saturated heterocycles. The average molecular weight is 402 g/mol. The number of nitrogens with zero attached hydrogens (tertiary/aromatic N) is 4. The van der Waals surface area contributed by atoms with Crippen molar-refractivity contribution in [1.82, 2.24) is 24.8 Å². The molecule has 1 aromatic carbocycles. The van der Waals surface area contributed by atoms with Gasteiger partial charge in [-0.15, -0.1) is 0 Å². The van der Waals surface area contributed by atoms with E-state index in [0.717, 1.165) is 35.2 Å². The Morgan fingerprint density at radius 2 is 2.20 bits per heavy atom. The summed E-state index contributed by atoms with van der Waals surface area (Å²) in [7, 11) is 0. The molecule has 30 heavy (non-hydrogen) atoms. The van der Waals surface area contributed by atoms with E-state index in [1.54, 1.807) is 6.20 Å². The molecule has 2 amide bonds. The van der Waals surface area contributed by atoms with Gasteiger partial charge in [0.1, 0.15) is 11.5 Å². The molecular weight excluding hydrogens is 380 g/mol. The van der Waals surface area contributed by atoms with Crippen LogP contribution in [0.4, 0.5) is 10.6 Å². The van der Waals surface area contributed by atoms with Crippen molar-refractivity contribution >= 4 is 17.5 Å². The Bertz CT molecular complexity index is 1240. The summed E-state index contributed by atoms with van der Waals surface area (Å²) in [6.07, 6.45) is 6.07. The van der Waals surface area contributed by atoms with E-state index in [1.807, 2.05) is 48.7 Å². The van der Waals surface area contributed by atoms with Crippen LogP contribution in [0, 0.1) is 6.92 Å². The zero-order valence-corrected chi connectivity index (χ0v) is 16.8. The van der Waals surface area contributed by atoms with Gasteiger partial charge in [-0.05, 0) is 48.6 Å². The van der Waals surface area contributed by atoms with Crippen LogP contribution in [0.15, 0.2) is 47.2 Å². The molecule has 1 aliphatic carbocycles. The van der Waals surface area contributed by atoms with E-state index >= 15 is 0 Å². The summed E-state index contributed by atoms with van der Waals surface area (Å²) in [5, 5.41) is 10.0. The van der Waals surface area contributed by atoms with Gasteiger partial charge in [0.15, 0.2) is 0 Å². The van der Waals surface area contributed by atoms with Crippen molar-refractivity contribution in [3.05, 3.63) is 65.3 Å². The number of aromatic nitrogens is 4. The highest BCUT2D eigenvalue weighted by molar-refractivity contribution is 5.89. The van der Waals surface area contributed by atoms with Crippen LogP contribution >= 0.6 is 0 Å². The summed E-state index contributed by atoms with van der Waals surface area (Å²) in [4.78, 5) is 21.4. The highest BCUT2D eigenvalue weighted by atomic mass is 16.5. The van der Waals surface area contributed by atoms with Crippen molar-refractivity contribution in [3.63, 3.8) is 0 Å². The Balaban J connectivity index is 1.31. The summed E-state index contributed by atoms with van der Waals surface area (Å²) >= 11 is 0. The van der Waals surface area contributed by atoms with Gasteiger partial charge in [-0.3, -0.25) is 9.72 Å². The number of pyridine rings is 1. The third-order valence-corrected chi connectivity index (χ3v) is 5.45. The molecule has 0 saturated carbocycles. The maximum absolute atomic E-state index is 12.6. The van der Waals surface area contributed by atoms with Crippen molar-refractivity contribution in [2.24, 2.45) is 0 Å². The Labute approximate surface area is 173 Å². The first-order valence-electron chi connectivity index (χ1n) is 10.1. The Morgan fingerprint density at radius 1 is 1.30 bits per heavy atom. The molecule has 0 spiro atoms. The smallest absolute Gasteiger partial charge is 0.320 e. The molecule has 0 radical (unpaired) electrons. The molecule has 3 aromatic heterocycles. The van der Waals surface area contributed by atoms with Crippen LogP contribution in [0.5, 0.6) is 0 Å². The van der Waals surface area contributed by atoms with Gasteiger partial charge in [-0.1, -0.05) is 30.3 Å². The fourth-order valence-corrected chi connectivity index (χ4v) is 3.91. The summed E-state index contributed by atoms with van der Waals surface area (Å²) in [5.74, 6) is 1.87. The van der Waals surface area contributed by atoms with Crippen LogP contribution in [0.1, 0.15) is 42.0 Å². The maximum Gasteiger partial charge on any atom is 0.320 e. The van der Waals surface area contributed by atoms with Gasteiger partial charge in [-0.25, -0.2) is 9.78 Å². The fourth-order valence-electron chi connectivity index (χ4n) is 3.91. The van der Waals surface area contributed by atoms with E-state index < -0.39 is 0 Å². The van der Waals surface area contributed by atoms with E-state index in [4.69, 9.17) is 4.52 Å². The molecule has 0 fully saturated rings. The second-order valence-electron chi connectivity index (χ2n) is 7.55. The minimum absolute atomic E-state index is 0.0357. The maximum atomic E-state index is 12.6. The average Bonchev–Trinajstić information content (AvgIpc) is 3.47. The second-order valence-corrected chi connectivity index (χ2v) is 7.55. The van der Waals surface area contributed by atoms with E-state index in [0.29, 0.717) is 24.0 Å². The Kier molecular flexibility index (Phi) is 4.46. The SMILES string of the molecule is CCc1nc(-c2ccc3c(c2)CC[C@H]3NC(=O)Nc2cnc3ccc(C)cn23)no1. The minimum Gasteiger partial charge on any atom is -0.339 e. The number of carbonyl (C=O) groups excluding carboxylic acids is 1. The number of benzene rings is 1. The number of rotatable bonds is 4. The number of hydrogen-bond acceptors (Lipinski definition) is 5. The molecule has 3 heterocycles. The number of anilines is 1. The molecule has 152 valence electrons. The lowest BCUT2D eigenvalue weighted by molar-refractivity contribution is 0.248. The summed E-state index contributed by atoms with van der Waals surface area (Å²) in [5.41, 5.74) is 5.15. The zero-order chi connectivity index (χ0) is 20.7. The highest BCUT2D eigenvalue weighted by Crippen LogP contribution is 2.33. The van der Waals surface area contributed by atoms with Gasteiger partial charge in [0.05, 0.1) is 12.2 Å². The third-order valence-electron chi connectivity index (χ3n) is 5.45. The molecule has 0 bridgehead atoms. The summed E-state index contributed by atoms with van der Waals surface area (Å²) in [6.45, 7) is 3.99. The van der Waals surface area contributed by atoms with Gasteiger partial charge in [0.2, 0.25) is 11.7 Å². The van der Waals surface area contributed by atoms with E-state index in [9.17, 15) is 4.79 Å². The molecule has 8 heteroatoms. The van der Waals surface area contributed by atoms with Crippen LogP contribution in [0.3, 0.4) is 0 Å². The standard InChI is InChI=1S/C22H22N6O2/c1-3-20-26-21(27-30-20)15-5-7-16-14(10-15)6-8-17(16)24-22(29)25-19-11-23-18-9-4-13(2)12-28(18)19/h4-5,7,9-12,17H,3,6,8H2,1-2H3,(H2,24,25,29)/t17-/m1/s1. The van der Waals surface area contributed by atoms with Crippen LogP contribution in [-0.4, -0.2) is 25.6 Å². The number of urea groups is 1. The summed E-state index contributed by atoms with van der Waals surface area (Å²) < 4.78 is 7.09. The third kappa shape index (κ3) is 3.30. The van der Waals surface area contributed by atoms with E-state index in [-0.39, 0.29) is 12.1 Å². The van der Waals surface area contributed by atoms with Crippen molar-refractivity contribution in [1.29, 1.82) is 0 Å². The predicted molar refractivity (Wildman–Crippen MR) is 112 cm³/mol. The Hall–Kier alpha value is -3.68. The monoisotopic (exact) mass is 402 g/mol.